The van der Waals surface area contributed by atoms with Gasteiger partial charge in [0.15, 0.2) is 11.5 Å². The fourth-order valence-corrected chi connectivity index (χ4v) is 3.98. The molecule has 0 saturated carbocycles. The zero-order chi connectivity index (χ0) is 24.4. The Labute approximate surface area is 187 Å². The molecule has 3 rings (SSSR count). The van der Waals surface area contributed by atoms with Gasteiger partial charge in [-0.1, -0.05) is 18.2 Å². The minimum Gasteiger partial charge on any atom is -0.480 e. The summed E-state index contributed by atoms with van der Waals surface area (Å²) in [6.07, 6.45) is -4.19. The van der Waals surface area contributed by atoms with E-state index in [1.54, 1.807) is 6.07 Å². The normalized spacial score (nSPS) is 12.1. The number of rotatable bonds is 7. The minimum absolute atomic E-state index is 0.0736. The number of amides is 1. The second-order valence-corrected chi connectivity index (χ2v) is 8.95. The van der Waals surface area contributed by atoms with Crippen LogP contribution in [-0.2, 0) is 22.7 Å². The van der Waals surface area contributed by atoms with E-state index in [0.29, 0.717) is 4.68 Å². The number of carbonyl (C=O) groups excluding carboxylic acids is 1. The van der Waals surface area contributed by atoms with Crippen LogP contribution in [0.3, 0.4) is 0 Å². The van der Waals surface area contributed by atoms with E-state index in [1.165, 1.54) is 51.5 Å². The standard InChI is InChI=1S/C19H19F3N6O4S/c1-27(2)33(30,31)14-7-5-4-6-12(14)10-23-18(29)13-11-24-28(17(13)19(20,21)22)15-8-9-16(32-3)26-25-15/h4-9,11H,10H2,1-3H3,(H,23,29). The molecule has 1 N–H and O–H groups in total. The highest BCUT2D eigenvalue weighted by atomic mass is 32.2. The van der Waals surface area contributed by atoms with E-state index in [-0.39, 0.29) is 28.7 Å². The minimum atomic E-state index is -4.95. The molecule has 3 aromatic rings. The zero-order valence-electron chi connectivity index (χ0n) is 17.7. The number of aromatic nitrogens is 4. The van der Waals surface area contributed by atoms with Gasteiger partial charge in [0.05, 0.1) is 23.8 Å². The van der Waals surface area contributed by atoms with E-state index in [4.69, 9.17) is 4.74 Å². The molecule has 0 aliphatic rings. The molecule has 1 amide bonds. The van der Waals surface area contributed by atoms with Crippen molar-refractivity contribution in [2.75, 3.05) is 21.2 Å². The summed E-state index contributed by atoms with van der Waals surface area (Å²) in [5.74, 6) is -1.28. The number of methoxy groups -OCH3 is 1. The van der Waals surface area contributed by atoms with Gasteiger partial charge >= 0.3 is 6.18 Å². The first-order valence-corrected chi connectivity index (χ1v) is 10.7. The Morgan fingerprint density at radius 1 is 1.15 bits per heavy atom. The van der Waals surface area contributed by atoms with Crippen molar-refractivity contribution >= 4 is 15.9 Å². The average molecular weight is 484 g/mol. The molecule has 33 heavy (non-hydrogen) atoms. The van der Waals surface area contributed by atoms with Gasteiger partial charge in [-0.3, -0.25) is 4.79 Å². The lowest BCUT2D eigenvalue weighted by Gasteiger charge is -2.16. The monoisotopic (exact) mass is 484 g/mol. The Morgan fingerprint density at radius 2 is 1.85 bits per heavy atom. The number of nitrogens with zero attached hydrogens (tertiary/aromatic N) is 5. The molecule has 176 valence electrons. The molecule has 1 aromatic carbocycles. The molecule has 14 heteroatoms. The Kier molecular flexibility index (Phi) is 6.69. The van der Waals surface area contributed by atoms with Crippen LogP contribution >= 0.6 is 0 Å². The fourth-order valence-electron chi connectivity index (χ4n) is 2.86. The maximum absolute atomic E-state index is 13.8. The summed E-state index contributed by atoms with van der Waals surface area (Å²) in [4.78, 5) is 12.6. The smallest absolute Gasteiger partial charge is 0.434 e. The third kappa shape index (κ3) is 4.96. The first-order chi connectivity index (χ1) is 15.5. The van der Waals surface area contributed by atoms with Gasteiger partial charge in [-0.05, 0) is 17.7 Å². The summed E-state index contributed by atoms with van der Waals surface area (Å²) >= 11 is 0. The second kappa shape index (κ2) is 9.15. The summed E-state index contributed by atoms with van der Waals surface area (Å²) in [5.41, 5.74) is -1.90. The largest absolute Gasteiger partial charge is 0.480 e. The Morgan fingerprint density at radius 3 is 2.42 bits per heavy atom. The summed E-state index contributed by atoms with van der Waals surface area (Å²) in [6, 6.07) is 8.36. The second-order valence-electron chi connectivity index (χ2n) is 6.83. The van der Waals surface area contributed by atoms with Crippen molar-refractivity contribution in [3.63, 3.8) is 0 Å². The lowest BCUT2D eigenvalue weighted by atomic mass is 10.2. The van der Waals surface area contributed by atoms with E-state index < -0.39 is 33.4 Å². The number of alkyl halides is 3. The molecule has 2 aromatic heterocycles. The number of sulfonamides is 1. The quantitative estimate of drug-likeness (QED) is 0.544. The van der Waals surface area contributed by atoms with Crippen molar-refractivity contribution in [1.29, 1.82) is 0 Å². The number of hydrogen-bond acceptors (Lipinski definition) is 7. The maximum atomic E-state index is 13.8. The van der Waals surface area contributed by atoms with Crippen LogP contribution in [0.25, 0.3) is 5.82 Å². The predicted molar refractivity (Wildman–Crippen MR) is 109 cm³/mol. The molecule has 0 atom stereocenters. The van der Waals surface area contributed by atoms with Gasteiger partial charge in [0.1, 0.15) is 0 Å². The van der Waals surface area contributed by atoms with E-state index >= 15 is 0 Å². The molecule has 10 nitrogen and oxygen atoms in total. The van der Waals surface area contributed by atoms with Crippen LogP contribution in [-0.4, -0.2) is 59.8 Å². The molecule has 2 heterocycles. The highest BCUT2D eigenvalue weighted by Gasteiger charge is 2.41. The van der Waals surface area contributed by atoms with E-state index in [2.05, 4.69) is 20.6 Å². The number of nitrogens with one attached hydrogen (secondary N) is 1. The lowest BCUT2D eigenvalue weighted by molar-refractivity contribution is -0.143. The van der Waals surface area contributed by atoms with Crippen LogP contribution in [0, 0.1) is 0 Å². The highest BCUT2D eigenvalue weighted by molar-refractivity contribution is 7.89. The van der Waals surface area contributed by atoms with E-state index in [1.807, 2.05) is 0 Å². The molecular weight excluding hydrogens is 465 g/mol. The van der Waals surface area contributed by atoms with Crippen molar-refractivity contribution in [1.82, 2.24) is 29.6 Å². The van der Waals surface area contributed by atoms with Gasteiger partial charge in [-0.15, -0.1) is 10.2 Å². The summed E-state index contributed by atoms with van der Waals surface area (Å²) < 4.78 is 72.7. The van der Waals surface area contributed by atoms with Crippen molar-refractivity contribution in [3.8, 4) is 11.7 Å². The van der Waals surface area contributed by atoms with Crippen molar-refractivity contribution in [3.05, 3.63) is 59.4 Å². The van der Waals surface area contributed by atoms with E-state index in [9.17, 15) is 26.4 Å². The maximum Gasteiger partial charge on any atom is 0.434 e. The first kappa shape index (κ1) is 24.1. The molecule has 0 aliphatic carbocycles. The van der Waals surface area contributed by atoms with Crippen molar-refractivity contribution < 1.29 is 31.1 Å². The molecule has 0 unspecified atom stereocenters. The summed E-state index contributed by atoms with van der Waals surface area (Å²) in [7, 11) is 0.181. The molecule has 0 spiro atoms. The summed E-state index contributed by atoms with van der Waals surface area (Å²) in [5, 5.41) is 13.2. The average Bonchev–Trinajstić information content (AvgIpc) is 3.23. The first-order valence-electron chi connectivity index (χ1n) is 9.28. The predicted octanol–water partition coefficient (Wildman–Crippen LogP) is 1.87. The number of halogens is 3. The van der Waals surface area contributed by atoms with Crippen LogP contribution in [0.15, 0.2) is 47.5 Å². The SMILES string of the molecule is COc1ccc(-n2ncc(C(=O)NCc3ccccc3S(=O)(=O)N(C)C)c2C(F)(F)F)nn1. The van der Waals surface area contributed by atoms with Crippen LogP contribution in [0.4, 0.5) is 13.2 Å². The van der Waals surface area contributed by atoms with Crippen molar-refractivity contribution in [2.24, 2.45) is 0 Å². The van der Waals surface area contributed by atoms with E-state index in [0.717, 1.165) is 10.5 Å². The molecule has 0 radical (unpaired) electrons. The zero-order valence-corrected chi connectivity index (χ0v) is 18.5. The number of carbonyl (C=O) groups is 1. The molecule has 0 aliphatic heterocycles. The Balaban J connectivity index is 1.92. The number of ether oxygens (including phenoxy) is 1. The number of benzene rings is 1. The fraction of sp³-hybridized carbons (Fsp3) is 0.263. The van der Waals surface area contributed by atoms with Crippen molar-refractivity contribution in [2.45, 2.75) is 17.6 Å². The van der Waals surface area contributed by atoms with Gasteiger partial charge in [0.25, 0.3) is 5.91 Å². The van der Waals surface area contributed by atoms with Crippen LogP contribution in [0.1, 0.15) is 21.6 Å². The van der Waals surface area contributed by atoms with Gasteiger partial charge in [-0.2, -0.15) is 18.3 Å². The van der Waals surface area contributed by atoms with Crippen LogP contribution < -0.4 is 10.1 Å². The van der Waals surface area contributed by atoms with Gasteiger partial charge in [0, 0.05) is 26.7 Å². The van der Waals surface area contributed by atoms with Gasteiger partial charge in [0.2, 0.25) is 15.9 Å². The van der Waals surface area contributed by atoms with Crippen LogP contribution in [0.2, 0.25) is 0 Å². The topological polar surface area (TPSA) is 119 Å². The van der Waals surface area contributed by atoms with Crippen LogP contribution in [0.5, 0.6) is 5.88 Å². The van der Waals surface area contributed by atoms with Gasteiger partial charge < -0.3 is 10.1 Å². The Hall–Kier alpha value is -3.52. The summed E-state index contributed by atoms with van der Waals surface area (Å²) in [6.45, 7) is -0.326. The third-order valence-electron chi connectivity index (χ3n) is 4.51. The molecule has 0 bridgehead atoms. The number of hydrogen-bond donors (Lipinski definition) is 1. The molecule has 0 saturated heterocycles. The lowest BCUT2D eigenvalue weighted by Crippen LogP contribution is -2.28. The van der Waals surface area contributed by atoms with Gasteiger partial charge in [-0.25, -0.2) is 17.4 Å². The highest BCUT2D eigenvalue weighted by Crippen LogP contribution is 2.33. The molecule has 0 fully saturated rings. The molecular formula is C19H19F3N6O4S. The Bertz CT molecular complexity index is 1260. The third-order valence-corrected chi connectivity index (χ3v) is 6.42.